The molecule has 0 saturated heterocycles. The maximum atomic E-state index is 12.0. The zero-order chi connectivity index (χ0) is 15.2. The fraction of sp³-hybridized carbons (Fsp3) is 0.500. The lowest BCUT2D eigenvalue weighted by molar-refractivity contribution is -0.169. The van der Waals surface area contributed by atoms with Gasteiger partial charge in [-0.05, 0) is 30.9 Å². The molecule has 0 heterocycles. The van der Waals surface area contributed by atoms with E-state index in [0.717, 1.165) is 11.1 Å². The number of ether oxygens (including phenoxy) is 1. The average molecular weight is 278 g/mol. The molecule has 4 heteroatoms. The second-order valence-electron chi connectivity index (χ2n) is 4.91. The van der Waals surface area contributed by atoms with E-state index in [2.05, 4.69) is 0 Å². The van der Waals surface area contributed by atoms with Crippen molar-refractivity contribution in [3.05, 3.63) is 35.4 Å². The molecule has 1 rings (SSSR count). The summed E-state index contributed by atoms with van der Waals surface area (Å²) >= 11 is 0. The molecule has 0 aromatic heterocycles. The normalized spacial score (nSPS) is 11.2. The van der Waals surface area contributed by atoms with Crippen molar-refractivity contribution in [2.24, 2.45) is 5.41 Å². The van der Waals surface area contributed by atoms with E-state index in [-0.39, 0.29) is 19.4 Å². The lowest BCUT2D eigenvalue weighted by atomic mass is 9.82. The first kappa shape index (κ1) is 16.2. The summed E-state index contributed by atoms with van der Waals surface area (Å²) in [5, 5.41) is 9.25. The minimum atomic E-state index is -1.41. The summed E-state index contributed by atoms with van der Waals surface area (Å²) in [7, 11) is 0. The van der Waals surface area contributed by atoms with Gasteiger partial charge in [-0.2, -0.15) is 0 Å². The molecule has 110 valence electrons. The summed E-state index contributed by atoms with van der Waals surface area (Å²) in [4.78, 5) is 23.4. The molecule has 0 bridgehead atoms. The number of rotatable bonds is 7. The Morgan fingerprint density at radius 2 is 1.80 bits per heavy atom. The Bertz CT molecular complexity index is 475. The SMILES string of the molecule is CCC(CC)(C(=O)O)C(=O)OCCc1ccccc1C. The molecule has 0 amide bonds. The lowest BCUT2D eigenvalue weighted by Gasteiger charge is -2.24. The van der Waals surface area contributed by atoms with Gasteiger partial charge in [0.15, 0.2) is 5.41 Å². The fourth-order valence-electron chi connectivity index (χ4n) is 2.21. The van der Waals surface area contributed by atoms with Crippen LogP contribution in [0.25, 0.3) is 0 Å². The number of carboxylic acids is 1. The summed E-state index contributed by atoms with van der Waals surface area (Å²) < 4.78 is 5.19. The number of carbonyl (C=O) groups excluding carboxylic acids is 1. The molecule has 0 aliphatic carbocycles. The van der Waals surface area contributed by atoms with Crippen molar-refractivity contribution in [1.82, 2.24) is 0 Å². The second-order valence-corrected chi connectivity index (χ2v) is 4.91. The summed E-state index contributed by atoms with van der Waals surface area (Å²) in [6, 6.07) is 7.86. The average Bonchev–Trinajstić information content (AvgIpc) is 2.42. The number of aliphatic carboxylic acids is 1. The van der Waals surface area contributed by atoms with E-state index in [1.54, 1.807) is 13.8 Å². The maximum Gasteiger partial charge on any atom is 0.323 e. The van der Waals surface area contributed by atoms with Gasteiger partial charge < -0.3 is 9.84 Å². The standard InChI is InChI=1S/C16H22O4/c1-4-16(5-2,14(17)18)15(19)20-11-10-13-9-7-6-8-12(13)3/h6-9H,4-5,10-11H2,1-3H3,(H,17,18). The molecule has 4 nitrogen and oxygen atoms in total. The van der Waals surface area contributed by atoms with Crippen LogP contribution in [0, 0.1) is 12.3 Å². The number of carbonyl (C=O) groups is 2. The van der Waals surface area contributed by atoms with Crippen molar-refractivity contribution in [2.45, 2.75) is 40.0 Å². The van der Waals surface area contributed by atoms with Crippen LogP contribution in [0.3, 0.4) is 0 Å². The highest BCUT2D eigenvalue weighted by molar-refractivity contribution is 5.99. The minimum Gasteiger partial charge on any atom is -0.480 e. The van der Waals surface area contributed by atoms with Gasteiger partial charge in [0.2, 0.25) is 0 Å². The molecule has 1 N–H and O–H groups in total. The monoisotopic (exact) mass is 278 g/mol. The molecule has 0 saturated carbocycles. The van der Waals surface area contributed by atoms with Gasteiger partial charge in [-0.15, -0.1) is 0 Å². The van der Waals surface area contributed by atoms with Gasteiger partial charge in [0.25, 0.3) is 0 Å². The predicted molar refractivity (Wildman–Crippen MR) is 76.5 cm³/mol. The van der Waals surface area contributed by atoms with Crippen LogP contribution in [0.4, 0.5) is 0 Å². The molecule has 0 spiro atoms. The van der Waals surface area contributed by atoms with Crippen LogP contribution < -0.4 is 0 Å². The van der Waals surface area contributed by atoms with Crippen LogP contribution in [0.5, 0.6) is 0 Å². The molecular formula is C16H22O4. The fourth-order valence-corrected chi connectivity index (χ4v) is 2.21. The smallest absolute Gasteiger partial charge is 0.323 e. The third-order valence-electron chi connectivity index (χ3n) is 3.87. The summed E-state index contributed by atoms with van der Waals surface area (Å²) in [5.41, 5.74) is 0.833. The number of esters is 1. The lowest BCUT2D eigenvalue weighted by Crippen LogP contribution is -2.40. The molecule has 0 aliphatic rings. The van der Waals surface area contributed by atoms with Gasteiger partial charge in [-0.3, -0.25) is 9.59 Å². The Labute approximate surface area is 119 Å². The summed E-state index contributed by atoms with van der Waals surface area (Å²) in [6.07, 6.45) is 1.08. The van der Waals surface area contributed by atoms with E-state index in [4.69, 9.17) is 4.74 Å². The van der Waals surface area contributed by atoms with Gasteiger partial charge >= 0.3 is 11.9 Å². The highest BCUT2D eigenvalue weighted by Crippen LogP contribution is 2.28. The Morgan fingerprint density at radius 3 is 2.30 bits per heavy atom. The topological polar surface area (TPSA) is 63.6 Å². The number of aryl methyl sites for hydroxylation is 1. The van der Waals surface area contributed by atoms with Gasteiger partial charge in [0.1, 0.15) is 0 Å². The zero-order valence-electron chi connectivity index (χ0n) is 12.3. The second kappa shape index (κ2) is 7.08. The maximum absolute atomic E-state index is 12.0. The number of hydrogen-bond acceptors (Lipinski definition) is 3. The zero-order valence-corrected chi connectivity index (χ0v) is 12.3. The van der Waals surface area contributed by atoms with Crippen LogP contribution in [0.2, 0.25) is 0 Å². The first-order valence-corrected chi connectivity index (χ1v) is 6.93. The van der Waals surface area contributed by atoms with E-state index in [1.807, 2.05) is 31.2 Å². The highest BCUT2D eigenvalue weighted by atomic mass is 16.5. The van der Waals surface area contributed by atoms with Crippen LogP contribution >= 0.6 is 0 Å². The van der Waals surface area contributed by atoms with E-state index < -0.39 is 17.4 Å². The van der Waals surface area contributed by atoms with Gasteiger partial charge in [-0.25, -0.2) is 0 Å². The first-order chi connectivity index (χ1) is 9.47. The predicted octanol–water partition coefficient (Wildman–Crippen LogP) is 2.97. The molecular weight excluding hydrogens is 256 g/mol. The Balaban J connectivity index is 2.63. The van der Waals surface area contributed by atoms with Gasteiger partial charge in [0, 0.05) is 6.42 Å². The summed E-state index contributed by atoms with van der Waals surface area (Å²) in [6.45, 7) is 5.59. The highest BCUT2D eigenvalue weighted by Gasteiger charge is 2.44. The third-order valence-corrected chi connectivity index (χ3v) is 3.87. The molecule has 1 aromatic carbocycles. The van der Waals surface area contributed by atoms with Gasteiger partial charge in [0.05, 0.1) is 6.61 Å². The molecule has 0 atom stereocenters. The van der Waals surface area contributed by atoms with E-state index in [9.17, 15) is 14.7 Å². The van der Waals surface area contributed by atoms with Crippen molar-refractivity contribution in [2.75, 3.05) is 6.61 Å². The molecule has 0 fully saturated rings. The Morgan fingerprint density at radius 1 is 1.20 bits per heavy atom. The van der Waals surface area contributed by atoms with Crippen LogP contribution in [-0.2, 0) is 20.7 Å². The molecule has 20 heavy (non-hydrogen) atoms. The third kappa shape index (κ3) is 3.38. The molecule has 1 aromatic rings. The van der Waals surface area contributed by atoms with Crippen molar-refractivity contribution in [1.29, 1.82) is 0 Å². The minimum absolute atomic E-state index is 0.207. The first-order valence-electron chi connectivity index (χ1n) is 6.93. The van der Waals surface area contributed by atoms with E-state index in [1.165, 1.54) is 0 Å². The quantitative estimate of drug-likeness (QED) is 0.615. The Hall–Kier alpha value is -1.84. The molecule has 0 aliphatic heterocycles. The molecule has 0 radical (unpaired) electrons. The summed E-state index contributed by atoms with van der Waals surface area (Å²) in [5.74, 6) is -1.74. The van der Waals surface area contributed by atoms with Crippen molar-refractivity contribution >= 4 is 11.9 Å². The number of carboxylic acid groups (broad SMARTS) is 1. The van der Waals surface area contributed by atoms with E-state index in [0.29, 0.717) is 6.42 Å². The van der Waals surface area contributed by atoms with Gasteiger partial charge in [-0.1, -0.05) is 38.1 Å². The molecule has 0 unspecified atom stereocenters. The Kier molecular flexibility index (Phi) is 5.74. The largest absolute Gasteiger partial charge is 0.480 e. The van der Waals surface area contributed by atoms with Crippen molar-refractivity contribution in [3.63, 3.8) is 0 Å². The van der Waals surface area contributed by atoms with Crippen molar-refractivity contribution in [3.8, 4) is 0 Å². The van der Waals surface area contributed by atoms with Crippen LogP contribution in [-0.4, -0.2) is 23.7 Å². The van der Waals surface area contributed by atoms with Crippen molar-refractivity contribution < 1.29 is 19.4 Å². The van der Waals surface area contributed by atoms with Crippen LogP contribution in [0.1, 0.15) is 37.8 Å². The van der Waals surface area contributed by atoms with Crippen LogP contribution in [0.15, 0.2) is 24.3 Å². The number of hydrogen-bond donors (Lipinski definition) is 1. The van der Waals surface area contributed by atoms with E-state index >= 15 is 0 Å². The number of benzene rings is 1.